The van der Waals surface area contributed by atoms with Crippen LogP contribution in [0.15, 0.2) is 0 Å². The first kappa shape index (κ1) is 14.4. The number of hydrogen-bond acceptors (Lipinski definition) is 3. The van der Waals surface area contributed by atoms with Crippen molar-refractivity contribution >= 4 is 17.7 Å². The Balaban J connectivity index is 2.26. The lowest BCUT2D eigenvalue weighted by molar-refractivity contribution is 0.0690. The number of aryl methyl sites for hydroxylation is 1. The first-order valence-electron chi connectivity index (χ1n) is 6.59. The average molecular weight is 280 g/mol. The predicted octanol–water partition coefficient (Wildman–Crippen LogP) is 1.83. The number of carbonyl (C=O) groups is 2. The summed E-state index contributed by atoms with van der Waals surface area (Å²) in [6, 6.07) is -0.272. The second kappa shape index (κ2) is 4.81. The number of aromatic nitrogens is 2. The van der Waals surface area contributed by atoms with Gasteiger partial charge in [0.15, 0.2) is 5.69 Å². The van der Waals surface area contributed by atoms with Crippen LogP contribution >= 0.6 is 0 Å². The molecule has 1 aromatic rings. The molecule has 20 heavy (non-hydrogen) atoms. The van der Waals surface area contributed by atoms with Crippen LogP contribution < -0.4 is 5.32 Å². The van der Waals surface area contributed by atoms with E-state index in [1.54, 1.807) is 18.9 Å². The minimum Gasteiger partial charge on any atom is -0.476 e. The van der Waals surface area contributed by atoms with Gasteiger partial charge in [-0.1, -0.05) is 0 Å². The predicted molar refractivity (Wildman–Crippen MR) is 73.9 cm³/mol. The van der Waals surface area contributed by atoms with E-state index in [1.807, 2.05) is 13.8 Å². The zero-order chi connectivity index (χ0) is 15.1. The molecule has 1 aromatic heterocycles. The molecule has 0 aliphatic carbocycles. The lowest BCUT2D eigenvalue weighted by Crippen LogP contribution is -2.45. The summed E-state index contributed by atoms with van der Waals surface area (Å²) in [4.78, 5) is 25.3. The maximum Gasteiger partial charge on any atom is 0.358 e. The first-order valence-corrected chi connectivity index (χ1v) is 6.59. The van der Waals surface area contributed by atoms with Crippen LogP contribution in [0.1, 0.15) is 42.9 Å². The van der Waals surface area contributed by atoms with Crippen molar-refractivity contribution in [2.24, 2.45) is 7.05 Å². The molecule has 2 amide bonds. The van der Waals surface area contributed by atoms with Gasteiger partial charge in [-0.25, -0.2) is 9.59 Å². The lowest BCUT2D eigenvalue weighted by atomic mass is 10.0. The van der Waals surface area contributed by atoms with Crippen molar-refractivity contribution < 1.29 is 14.7 Å². The van der Waals surface area contributed by atoms with E-state index in [0.29, 0.717) is 12.2 Å². The molecule has 0 radical (unpaired) electrons. The molecular formula is C13H20N4O3. The van der Waals surface area contributed by atoms with Gasteiger partial charge in [0.2, 0.25) is 0 Å². The quantitative estimate of drug-likeness (QED) is 0.865. The van der Waals surface area contributed by atoms with Crippen LogP contribution in [-0.4, -0.2) is 43.9 Å². The highest BCUT2D eigenvalue weighted by Crippen LogP contribution is 2.29. The van der Waals surface area contributed by atoms with Crippen molar-refractivity contribution in [3.8, 4) is 0 Å². The zero-order valence-corrected chi connectivity index (χ0v) is 12.2. The number of amides is 2. The molecular weight excluding hydrogens is 260 g/mol. The number of aromatic carboxylic acids is 1. The molecule has 0 unspecified atom stereocenters. The molecule has 7 nitrogen and oxygen atoms in total. The number of likely N-dealkylation sites (tertiary alicyclic amines) is 1. The standard InChI is InChI=1S/C13H20N4O3/c1-8-9(10(11(18)19)15-16(8)4)14-12(20)17-7-5-6-13(17,2)3/h5-7H2,1-4H3,(H,14,20)(H,18,19). The van der Waals surface area contributed by atoms with Crippen molar-refractivity contribution in [1.29, 1.82) is 0 Å². The number of carboxylic acids is 1. The average Bonchev–Trinajstić information content (AvgIpc) is 2.83. The van der Waals surface area contributed by atoms with Gasteiger partial charge in [-0.05, 0) is 33.6 Å². The molecule has 0 bridgehead atoms. The molecule has 1 aliphatic rings. The van der Waals surface area contributed by atoms with Crippen molar-refractivity contribution in [2.75, 3.05) is 11.9 Å². The van der Waals surface area contributed by atoms with Crippen molar-refractivity contribution in [2.45, 2.75) is 39.2 Å². The molecule has 2 rings (SSSR count). The number of carboxylic acid groups (broad SMARTS) is 1. The number of nitrogens with one attached hydrogen (secondary N) is 1. The summed E-state index contributed by atoms with van der Waals surface area (Å²) in [6.07, 6.45) is 1.90. The van der Waals surface area contributed by atoms with E-state index in [4.69, 9.17) is 5.11 Å². The van der Waals surface area contributed by atoms with E-state index >= 15 is 0 Å². The van der Waals surface area contributed by atoms with Crippen LogP contribution in [0.4, 0.5) is 10.5 Å². The molecule has 0 spiro atoms. The van der Waals surface area contributed by atoms with Crippen molar-refractivity contribution in [3.63, 3.8) is 0 Å². The van der Waals surface area contributed by atoms with Gasteiger partial charge in [0, 0.05) is 19.1 Å². The summed E-state index contributed by atoms with van der Waals surface area (Å²) >= 11 is 0. The van der Waals surface area contributed by atoms with Gasteiger partial charge in [-0.2, -0.15) is 5.10 Å². The Morgan fingerprint density at radius 3 is 2.55 bits per heavy atom. The monoisotopic (exact) mass is 280 g/mol. The Kier molecular flexibility index (Phi) is 3.45. The SMILES string of the molecule is Cc1c(NC(=O)N2CCCC2(C)C)c(C(=O)O)nn1C. The summed E-state index contributed by atoms with van der Waals surface area (Å²) in [7, 11) is 1.65. The highest BCUT2D eigenvalue weighted by atomic mass is 16.4. The van der Waals surface area contributed by atoms with E-state index in [1.165, 1.54) is 4.68 Å². The molecule has 7 heteroatoms. The Morgan fingerprint density at radius 1 is 1.40 bits per heavy atom. The number of nitrogens with zero attached hydrogens (tertiary/aromatic N) is 3. The zero-order valence-electron chi connectivity index (χ0n) is 12.2. The maximum absolute atomic E-state index is 12.4. The van der Waals surface area contributed by atoms with Gasteiger partial charge in [-0.15, -0.1) is 0 Å². The molecule has 1 saturated heterocycles. The van der Waals surface area contributed by atoms with Crippen LogP contribution in [0.5, 0.6) is 0 Å². The molecule has 0 atom stereocenters. The molecule has 1 fully saturated rings. The third kappa shape index (κ3) is 2.35. The normalized spacial score (nSPS) is 17.3. The fourth-order valence-electron chi connectivity index (χ4n) is 2.57. The molecule has 0 aromatic carbocycles. The summed E-state index contributed by atoms with van der Waals surface area (Å²) in [5, 5.41) is 15.8. The minimum atomic E-state index is -1.15. The van der Waals surface area contributed by atoms with Crippen LogP contribution in [0.2, 0.25) is 0 Å². The third-order valence-corrected chi connectivity index (χ3v) is 3.91. The third-order valence-electron chi connectivity index (χ3n) is 3.91. The van der Waals surface area contributed by atoms with E-state index in [2.05, 4.69) is 10.4 Å². The molecule has 2 N–H and O–H groups in total. The van der Waals surface area contributed by atoms with Gasteiger partial charge in [0.25, 0.3) is 0 Å². The Morgan fingerprint density at radius 2 is 2.05 bits per heavy atom. The van der Waals surface area contributed by atoms with Gasteiger partial charge in [0.05, 0.1) is 11.4 Å². The second-order valence-corrected chi connectivity index (χ2v) is 5.74. The van der Waals surface area contributed by atoms with E-state index in [-0.39, 0.29) is 23.0 Å². The number of carbonyl (C=O) groups excluding carboxylic acids is 1. The van der Waals surface area contributed by atoms with Crippen LogP contribution in [0.3, 0.4) is 0 Å². The molecule has 2 heterocycles. The number of hydrogen-bond donors (Lipinski definition) is 2. The summed E-state index contributed by atoms with van der Waals surface area (Å²) in [5.41, 5.74) is 0.555. The summed E-state index contributed by atoms with van der Waals surface area (Å²) < 4.78 is 1.45. The Bertz CT molecular complexity index is 562. The Hall–Kier alpha value is -2.05. The van der Waals surface area contributed by atoms with Gasteiger partial charge < -0.3 is 15.3 Å². The van der Waals surface area contributed by atoms with E-state index < -0.39 is 5.97 Å². The highest BCUT2D eigenvalue weighted by molar-refractivity contribution is 5.99. The van der Waals surface area contributed by atoms with E-state index in [9.17, 15) is 9.59 Å². The fraction of sp³-hybridized carbons (Fsp3) is 0.615. The van der Waals surface area contributed by atoms with Crippen LogP contribution in [0, 0.1) is 6.92 Å². The Labute approximate surface area is 117 Å². The molecule has 1 aliphatic heterocycles. The summed E-state index contributed by atoms with van der Waals surface area (Å²) in [5.74, 6) is -1.15. The molecule has 0 saturated carbocycles. The van der Waals surface area contributed by atoms with Crippen molar-refractivity contribution in [3.05, 3.63) is 11.4 Å². The number of rotatable bonds is 2. The van der Waals surface area contributed by atoms with Crippen LogP contribution in [0.25, 0.3) is 0 Å². The van der Waals surface area contributed by atoms with E-state index in [0.717, 1.165) is 12.8 Å². The number of anilines is 1. The number of urea groups is 1. The summed E-state index contributed by atoms with van der Waals surface area (Å²) in [6.45, 7) is 6.42. The topological polar surface area (TPSA) is 87.5 Å². The van der Waals surface area contributed by atoms with Gasteiger partial charge in [0.1, 0.15) is 0 Å². The first-order chi connectivity index (χ1) is 9.24. The van der Waals surface area contributed by atoms with Crippen LogP contribution in [-0.2, 0) is 7.05 Å². The maximum atomic E-state index is 12.4. The lowest BCUT2D eigenvalue weighted by Gasteiger charge is -2.31. The van der Waals surface area contributed by atoms with Crippen molar-refractivity contribution in [1.82, 2.24) is 14.7 Å². The largest absolute Gasteiger partial charge is 0.476 e. The highest BCUT2D eigenvalue weighted by Gasteiger charge is 2.36. The van der Waals surface area contributed by atoms with Gasteiger partial charge in [-0.3, -0.25) is 4.68 Å². The molecule has 110 valence electrons. The smallest absolute Gasteiger partial charge is 0.358 e. The minimum absolute atomic E-state index is 0.129. The second-order valence-electron chi connectivity index (χ2n) is 5.74. The van der Waals surface area contributed by atoms with Gasteiger partial charge >= 0.3 is 12.0 Å². The fourth-order valence-corrected chi connectivity index (χ4v) is 2.57.